The number of carbonyl (C=O) groups is 2. The molecule has 0 fully saturated rings. The molecule has 3 aromatic carbocycles. The fourth-order valence-electron chi connectivity index (χ4n) is 3.45. The first-order chi connectivity index (χ1) is 14.5. The predicted molar refractivity (Wildman–Crippen MR) is 113 cm³/mol. The number of hydrogen-bond donors (Lipinski definition) is 1. The van der Waals surface area contributed by atoms with Crippen LogP contribution in [0, 0.1) is 25.2 Å². The Bertz CT molecular complexity index is 1290. The second kappa shape index (κ2) is 7.72. The van der Waals surface area contributed by atoms with E-state index >= 15 is 0 Å². The Kier molecular flexibility index (Phi) is 4.95. The van der Waals surface area contributed by atoms with Crippen molar-refractivity contribution in [3.05, 3.63) is 77.0 Å². The van der Waals surface area contributed by atoms with Crippen LogP contribution in [0.5, 0.6) is 0 Å². The lowest BCUT2D eigenvalue weighted by atomic mass is 9.97. The van der Waals surface area contributed by atoms with Crippen molar-refractivity contribution < 1.29 is 18.7 Å². The number of nitrogens with one attached hydrogen (secondary N) is 1. The van der Waals surface area contributed by atoms with Gasteiger partial charge in [-0.1, -0.05) is 48.5 Å². The monoisotopic (exact) mass is 398 g/mol. The minimum Gasteiger partial charge on any atom is -0.452 e. The van der Waals surface area contributed by atoms with Gasteiger partial charge in [0.25, 0.3) is 5.91 Å². The first kappa shape index (κ1) is 19.2. The highest BCUT2D eigenvalue weighted by Gasteiger charge is 2.20. The van der Waals surface area contributed by atoms with Crippen molar-refractivity contribution in [2.75, 3.05) is 11.9 Å². The SMILES string of the molecule is Cc1oc(NC(=O)COC(=O)c2c3ccccc3cc3ccccc23)c(C#N)c1C. The molecule has 0 saturated heterocycles. The van der Waals surface area contributed by atoms with E-state index in [0.29, 0.717) is 16.9 Å². The second-order valence-corrected chi connectivity index (χ2v) is 6.92. The zero-order valence-electron chi connectivity index (χ0n) is 16.5. The minimum absolute atomic E-state index is 0.0594. The Morgan fingerprint density at radius 1 is 1.03 bits per heavy atom. The number of anilines is 1. The molecule has 1 aromatic heterocycles. The van der Waals surface area contributed by atoms with Gasteiger partial charge in [-0.2, -0.15) is 5.26 Å². The summed E-state index contributed by atoms with van der Waals surface area (Å²) in [5.41, 5.74) is 1.33. The number of fused-ring (bicyclic) bond motifs is 2. The van der Waals surface area contributed by atoms with Crippen molar-refractivity contribution in [1.82, 2.24) is 0 Å². The van der Waals surface area contributed by atoms with Crippen molar-refractivity contribution in [1.29, 1.82) is 5.26 Å². The van der Waals surface area contributed by atoms with Crippen LogP contribution in [-0.4, -0.2) is 18.5 Å². The fourth-order valence-corrected chi connectivity index (χ4v) is 3.45. The Balaban J connectivity index is 1.59. The maximum absolute atomic E-state index is 12.9. The van der Waals surface area contributed by atoms with Crippen molar-refractivity contribution in [2.45, 2.75) is 13.8 Å². The number of aryl methyl sites for hydroxylation is 1. The summed E-state index contributed by atoms with van der Waals surface area (Å²) in [7, 11) is 0. The van der Waals surface area contributed by atoms with E-state index in [-0.39, 0.29) is 11.4 Å². The molecule has 0 aliphatic rings. The molecule has 4 aromatic rings. The average Bonchev–Trinajstić information content (AvgIpc) is 3.02. The third-order valence-electron chi connectivity index (χ3n) is 5.06. The van der Waals surface area contributed by atoms with E-state index in [4.69, 9.17) is 9.15 Å². The zero-order chi connectivity index (χ0) is 21.3. The molecule has 4 rings (SSSR count). The quantitative estimate of drug-likeness (QED) is 0.391. The predicted octanol–water partition coefficient (Wildman–Crippen LogP) is 4.87. The molecular weight excluding hydrogens is 380 g/mol. The summed E-state index contributed by atoms with van der Waals surface area (Å²) in [5, 5.41) is 15.1. The van der Waals surface area contributed by atoms with Crippen LogP contribution in [0.15, 0.2) is 59.0 Å². The van der Waals surface area contributed by atoms with E-state index in [1.807, 2.05) is 60.7 Å². The number of nitriles is 1. The summed E-state index contributed by atoms with van der Waals surface area (Å²) in [6.45, 7) is 2.94. The molecule has 6 heteroatoms. The fraction of sp³-hybridized carbons (Fsp3) is 0.125. The molecule has 0 radical (unpaired) electrons. The molecular formula is C24H18N2O4. The second-order valence-electron chi connectivity index (χ2n) is 6.92. The van der Waals surface area contributed by atoms with E-state index in [1.165, 1.54) is 0 Å². The number of hydrogen-bond acceptors (Lipinski definition) is 5. The summed E-state index contributed by atoms with van der Waals surface area (Å²) in [4.78, 5) is 25.2. The number of ether oxygens (including phenoxy) is 1. The summed E-state index contributed by atoms with van der Waals surface area (Å²) >= 11 is 0. The van der Waals surface area contributed by atoms with Gasteiger partial charge in [0.2, 0.25) is 5.88 Å². The molecule has 0 aliphatic carbocycles. The van der Waals surface area contributed by atoms with E-state index in [2.05, 4.69) is 5.32 Å². The topological polar surface area (TPSA) is 92.3 Å². The van der Waals surface area contributed by atoms with Crippen molar-refractivity contribution in [2.24, 2.45) is 0 Å². The molecule has 0 saturated carbocycles. The molecule has 148 valence electrons. The molecule has 0 unspecified atom stereocenters. The Morgan fingerprint density at radius 2 is 1.63 bits per heavy atom. The van der Waals surface area contributed by atoms with E-state index < -0.39 is 18.5 Å². The maximum Gasteiger partial charge on any atom is 0.339 e. The Hall–Kier alpha value is -4.11. The van der Waals surface area contributed by atoms with Crippen LogP contribution in [-0.2, 0) is 9.53 Å². The molecule has 1 amide bonds. The van der Waals surface area contributed by atoms with Crippen LogP contribution in [0.3, 0.4) is 0 Å². The van der Waals surface area contributed by atoms with Crippen LogP contribution in [0.4, 0.5) is 5.88 Å². The molecule has 6 nitrogen and oxygen atoms in total. The third-order valence-corrected chi connectivity index (χ3v) is 5.06. The molecule has 0 spiro atoms. The lowest BCUT2D eigenvalue weighted by Gasteiger charge is -2.11. The Morgan fingerprint density at radius 3 is 2.23 bits per heavy atom. The number of benzene rings is 3. The van der Waals surface area contributed by atoms with Crippen molar-refractivity contribution in [3.63, 3.8) is 0 Å². The number of rotatable bonds is 4. The van der Waals surface area contributed by atoms with Crippen LogP contribution in [0.2, 0.25) is 0 Å². The van der Waals surface area contributed by atoms with Crippen LogP contribution >= 0.6 is 0 Å². The molecule has 1 heterocycles. The number of esters is 1. The highest BCUT2D eigenvalue weighted by atomic mass is 16.5. The lowest BCUT2D eigenvalue weighted by molar-refractivity contribution is -0.119. The number of furan rings is 1. The van der Waals surface area contributed by atoms with Gasteiger partial charge in [-0.25, -0.2) is 4.79 Å². The highest BCUT2D eigenvalue weighted by molar-refractivity contribution is 6.16. The zero-order valence-corrected chi connectivity index (χ0v) is 16.5. The molecule has 1 N–H and O–H groups in total. The molecule has 0 bridgehead atoms. The standard InChI is InChI=1S/C24H18N2O4/c1-14-15(2)30-23(20(14)12-25)26-21(27)13-29-24(28)22-18-9-5-3-7-16(18)11-17-8-4-6-10-19(17)22/h3-11H,13H2,1-2H3,(H,26,27). The molecule has 0 aliphatic heterocycles. The van der Waals surface area contributed by atoms with Crippen LogP contribution in [0.25, 0.3) is 21.5 Å². The van der Waals surface area contributed by atoms with Crippen molar-refractivity contribution in [3.8, 4) is 6.07 Å². The lowest BCUT2D eigenvalue weighted by Crippen LogP contribution is -2.21. The van der Waals surface area contributed by atoms with Gasteiger partial charge >= 0.3 is 5.97 Å². The Labute approximate surface area is 172 Å². The smallest absolute Gasteiger partial charge is 0.339 e. The summed E-state index contributed by atoms with van der Waals surface area (Å²) in [6.07, 6.45) is 0. The van der Waals surface area contributed by atoms with Gasteiger partial charge < -0.3 is 9.15 Å². The van der Waals surface area contributed by atoms with E-state index in [0.717, 1.165) is 21.5 Å². The van der Waals surface area contributed by atoms with Gasteiger partial charge in [0.05, 0.1) is 5.56 Å². The molecule has 0 atom stereocenters. The van der Waals surface area contributed by atoms with Gasteiger partial charge in [-0.15, -0.1) is 0 Å². The molecule has 30 heavy (non-hydrogen) atoms. The normalized spacial score (nSPS) is 10.7. The van der Waals surface area contributed by atoms with Gasteiger partial charge in [0.1, 0.15) is 17.4 Å². The average molecular weight is 398 g/mol. The van der Waals surface area contributed by atoms with E-state index in [1.54, 1.807) is 13.8 Å². The number of carbonyl (C=O) groups excluding carboxylic acids is 2. The number of nitrogens with zero attached hydrogens (tertiary/aromatic N) is 1. The third kappa shape index (κ3) is 3.38. The summed E-state index contributed by atoms with van der Waals surface area (Å²) in [5.74, 6) is -0.575. The first-order valence-electron chi connectivity index (χ1n) is 9.37. The summed E-state index contributed by atoms with van der Waals surface area (Å²) in [6, 6.07) is 19.1. The number of amides is 1. The highest BCUT2D eigenvalue weighted by Crippen LogP contribution is 2.29. The maximum atomic E-state index is 12.9. The minimum atomic E-state index is -0.592. The van der Waals surface area contributed by atoms with Crippen LogP contribution < -0.4 is 5.32 Å². The van der Waals surface area contributed by atoms with Gasteiger partial charge in [-0.05, 0) is 41.5 Å². The largest absolute Gasteiger partial charge is 0.452 e. The van der Waals surface area contributed by atoms with Crippen LogP contribution in [0.1, 0.15) is 27.2 Å². The van der Waals surface area contributed by atoms with Gasteiger partial charge in [0, 0.05) is 5.56 Å². The summed E-state index contributed by atoms with van der Waals surface area (Å²) < 4.78 is 10.7. The van der Waals surface area contributed by atoms with E-state index in [9.17, 15) is 14.9 Å². The van der Waals surface area contributed by atoms with Gasteiger partial charge in [0.15, 0.2) is 6.61 Å². The first-order valence-corrected chi connectivity index (χ1v) is 9.37. The van der Waals surface area contributed by atoms with Gasteiger partial charge in [-0.3, -0.25) is 10.1 Å². The van der Waals surface area contributed by atoms with Crippen molar-refractivity contribution >= 4 is 39.3 Å².